The fourth-order valence-electron chi connectivity index (χ4n) is 1.16. The first kappa shape index (κ1) is 7.09. The van der Waals surface area contributed by atoms with Crippen LogP contribution >= 0.6 is 0 Å². The lowest BCUT2D eigenvalue weighted by molar-refractivity contribution is -0.116. The van der Waals surface area contributed by atoms with E-state index in [1.807, 2.05) is 0 Å². The van der Waals surface area contributed by atoms with Gasteiger partial charge < -0.3 is 0 Å². The zero-order valence-electron chi connectivity index (χ0n) is 6.28. The third-order valence-electron chi connectivity index (χ3n) is 1.75. The molecule has 0 saturated heterocycles. The average Bonchev–Trinajstić information content (AvgIpc) is 2.59. The Balaban J connectivity index is 2.48. The molecule has 0 aromatic carbocycles. The van der Waals surface area contributed by atoms with E-state index in [0.717, 1.165) is 0 Å². The molecular formula is C8H6N2O2. The fourth-order valence-corrected chi connectivity index (χ4v) is 1.16. The summed E-state index contributed by atoms with van der Waals surface area (Å²) in [6, 6.07) is 0. The van der Waals surface area contributed by atoms with Crippen molar-refractivity contribution in [1.29, 1.82) is 0 Å². The van der Waals surface area contributed by atoms with Gasteiger partial charge in [0.05, 0.1) is 0 Å². The maximum Gasteiger partial charge on any atom is 0.188 e. The fraction of sp³-hybridized carbons (Fsp3) is 0.250. The molecule has 0 aromatic rings. The zero-order valence-corrected chi connectivity index (χ0v) is 6.28. The quantitative estimate of drug-likeness (QED) is 0.480. The molecule has 2 aliphatic heterocycles. The van der Waals surface area contributed by atoms with Gasteiger partial charge >= 0.3 is 0 Å². The Morgan fingerprint density at radius 3 is 1.58 bits per heavy atom. The predicted octanol–water partition coefficient (Wildman–Crippen LogP) is 0.285. The van der Waals surface area contributed by atoms with E-state index >= 15 is 0 Å². The van der Waals surface area contributed by atoms with Crippen LogP contribution in [0.1, 0.15) is 12.8 Å². The smallest absolute Gasteiger partial charge is 0.188 e. The van der Waals surface area contributed by atoms with Crippen molar-refractivity contribution in [1.82, 2.24) is 0 Å². The van der Waals surface area contributed by atoms with Gasteiger partial charge in [0.1, 0.15) is 11.4 Å². The van der Waals surface area contributed by atoms with E-state index < -0.39 is 0 Å². The number of carbonyl (C=O) groups excluding carboxylic acids is 2. The number of hydrogen-bond donors (Lipinski definition) is 0. The molecule has 0 radical (unpaired) electrons. The number of nitrogens with zero attached hydrogens (tertiary/aromatic N) is 2. The molecule has 60 valence electrons. The first-order valence-corrected chi connectivity index (χ1v) is 3.65. The van der Waals surface area contributed by atoms with E-state index in [2.05, 4.69) is 9.98 Å². The number of aliphatic imine (C=N–C) groups is 2. The van der Waals surface area contributed by atoms with Crippen LogP contribution in [0.4, 0.5) is 0 Å². The minimum Gasteiger partial charge on any atom is -0.292 e. The first-order valence-electron chi connectivity index (χ1n) is 3.65. The molecule has 4 nitrogen and oxygen atoms in total. The van der Waals surface area contributed by atoms with Crippen LogP contribution in [0.5, 0.6) is 0 Å². The van der Waals surface area contributed by atoms with Gasteiger partial charge in [-0.2, -0.15) is 0 Å². The molecule has 0 amide bonds. The van der Waals surface area contributed by atoms with Crippen LogP contribution in [0.2, 0.25) is 0 Å². The highest BCUT2D eigenvalue weighted by atomic mass is 16.1. The summed E-state index contributed by atoms with van der Waals surface area (Å²) in [4.78, 5) is 29.8. The minimum absolute atomic E-state index is 0.114. The summed E-state index contributed by atoms with van der Waals surface area (Å²) in [6.45, 7) is 0. The molecule has 0 spiro atoms. The molecule has 0 aromatic heterocycles. The largest absolute Gasteiger partial charge is 0.292 e. The Labute approximate surface area is 68.7 Å². The van der Waals surface area contributed by atoms with Crippen LogP contribution in [0.3, 0.4) is 0 Å². The van der Waals surface area contributed by atoms with Crippen LogP contribution in [0, 0.1) is 0 Å². The van der Waals surface area contributed by atoms with Crippen molar-refractivity contribution in [3.05, 3.63) is 11.4 Å². The summed E-state index contributed by atoms with van der Waals surface area (Å²) in [6.07, 6.45) is 3.60. The standard InChI is InChI=1S/C8H6N2O2/c11-5-1-3-9-7(5)8-6(12)2-4-10-8/h3-4H,1-2H2/b8-7+. The molecule has 0 bridgehead atoms. The van der Waals surface area contributed by atoms with Gasteiger partial charge in [0.15, 0.2) is 11.6 Å². The SMILES string of the molecule is O=C1CC=N/C1=C1/N=CCC1=O. The van der Waals surface area contributed by atoms with Gasteiger partial charge in [-0.25, -0.2) is 0 Å². The Bertz CT molecular complexity index is 316. The summed E-state index contributed by atoms with van der Waals surface area (Å²) in [7, 11) is 0. The number of carbonyl (C=O) groups is 2. The molecule has 0 atom stereocenters. The van der Waals surface area contributed by atoms with Crippen molar-refractivity contribution in [3.8, 4) is 0 Å². The van der Waals surface area contributed by atoms with Gasteiger partial charge in [0.25, 0.3) is 0 Å². The highest BCUT2D eigenvalue weighted by Gasteiger charge is 2.24. The van der Waals surface area contributed by atoms with E-state index in [4.69, 9.17) is 0 Å². The highest BCUT2D eigenvalue weighted by molar-refractivity contribution is 6.17. The second-order valence-corrected chi connectivity index (χ2v) is 2.58. The van der Waals surface area contributed by atoms with Crippen molar-refractivity contribution in [2.75, 3.05) is 0 Å². The normalized spacial score (nSPS) is 27.7. The monoisotopic (exact) mass is 162 g/mol. The van der Waals surface area contributed by atoms with Crippen LogP contribution in [0.15, 0.2) is 21.4 Å². The molecule has 12 heavy (non-hydrogen) atoms. The number of allylic oxidation sites excluding steroid dienone is 2. The molecule has 0 fully saturated rings. The lowest BCUT2D eigenvalue weighted by atomic mass is 10.2. The van der Waals surface area contributed by atoms with Crippen molar-refractivity contribution in [2.45, 2.75) is 12.8 Å². The zero-order chi connectivity index (χ0) is 8.55. The topological polar surface area (TPSA) is 58.9 Å². The van der Waals surface area contributed by atoms with Gasteiger partial charge in [0, 0.05) is 25.3 Å². The summed E-state index contributed by atoms with van der Waals surface area (Å²) in [5.74, 6) is -0.227. The molecule has 2 heterocycles. The number of Topliss-reactive ketones (excluding diaryl/α,β-unsaturated/α-hetero) is 2. The molecule has 0 aliphatic carbocycles. The third kappa shape index (κ3) is 0.922. The van der Waals surface area contributed by atoms with Gasteiger partial charge in [-0.05, 0) is 0 Å². The molecule has 2 aliphatic rings. The molecular weight excluding hydrogens is 156 g/mol. The van der Waals surface area contributed by atoms with Crippen LogP contribution in [-0.4, -0.2) is 24.0 Å². The second kappa shape index (κ2) is 2.48. The summed E-state index contributed by atoms with van der Waals surface area (Å²) in [5.41, 5.74) is 0.461. The lowest BCUT2D eigenvalue weighted by Crippen LogP contribution is -2.02. The summed E-state index contributed by atoms with van der Waals surface area (Å²) >= 11 is 0. The van der Waals surface area contributed by atoms with Gasteiger partial charge in [-0.3, -0.25) is 19.6 Å². The van der Waals surface area contributed by atoms with Crippen LogP contribution < -0.4 is 0 Å². The number of rotatable bonds is 0. The van der Waals surface area contributed by atoms with Gasteiger partial charge in [-0.15, -0.1) is 0 Å². The minimum atomic E-state index is -0.114. The van der Waals surface area contributed by atoms with Crippen LogP contribution in [0.25, 0.3) is 0 Å². The summed E-state index contributed by atoms with van der Waals surface area (Å²) in [5, 5.41) is 0. The van der Waals surface area contributed by atoms with Crippen molar-refractivity contribution >= 4 is 24.0 Å². The number of hydrogen-bond acceptors (Lipinski definition) is 4. The highest BCUT2D eigenvalue weighted by Crippen LogP contribution is 2.19. The molecule has 0 N–H and O–H groups in total. The maximum atomic E-state index is 11.1. The van der Waals surface area contributed by atoms with E-state index in [0.29, 0.717) is 12.8 Å². The third-order valence-corrected chi connectivity index (χ3v) is 1.75. The Kier molecular flexibility index (Phi) is 1.46. The van der Waals surface area contributed by atoms with Crippen LogP contribution in [-0.2, 0) is 9.59 Å². The molecule has 0 unspecified atom stereocenters. The molecule has 4 heteroatoms. The summed E-state index contributed by atoms with van der Waals surface area (Å²) < 4.78 is 0. The van der Waals surface area contributed by atoms with E-state index in [9.17, 15) is 9.59 Å². The van der Waals surface area contributed by atoms with Gasteiger partial charge in [-0.1, -0.05) is 0 Å². The predicted molar refractivity (Wildman–Crippen MR) is 43.3 cm³/mol. The Morgan fingerprint density at radius 1 is 0.917 bits per heavy atom. The van der Waals surface area contributed by atoms with Crippen molar-refractivity contribution < 1.29 is 9.59 Å². The Hall–Kier alpha value is -1.58. The van der Waals surface area contributed by atoms with Crippen molar-refractivity contribution in [3.63, 3.8) is 0 Å². The molecule has 2 rings (SSSR count). The van der Waals surface area contributed by atoms with E-state index in [1.54, 1.807) is 0 Å². The first-order chi connectivity index (χ1) is 5.79. The van der Waals surface area contributed by atoms with Gasteiger partial charge in [0.2, 0.25) is 0 Å². The van der Waals surface area contributed by atoms with E-state index in [1.165, 1.54) is 12.4 Å². The molecule has 0 saturated carbocycles. The Morgan fingerprint density at radius 2 is 1.33 bits per heavy atom. The number of ketones is 2. The average molecular weight is 162 g/mol. The van der Waals surface area contributed by atoms with E-state index in [-0.39, 0.29) is 23.0 Å². The lowest BCUT2D eigenvalue weighted by Gasteiger charge is -1.93. The second-order valence-electron chi connectivity index (χ2n) is 2.58. The van der Waals surface area contributed by atoms with Crippen molar-refractivity contribution in [2.24, 2.45) is 9.98 Å². The maximum absolute atomic E-state index is 11.1.